The molecule has 0 bridgehead atoms. The molecule has 23 heavy (non-hydrogen) atoms. The van der Waals surface area contributed by atoms with Crippen molar-refractivity contribution >= 4 is 46.5 Å². The van der Waals surface area contributed by atoms with Gasteiger partial charge in [0.1, 0.15) is 0 Å². The fourth-order valence-electron chi connectivity index (χ4n) is 1.89. The molecule has 0 radical (unpaired) electrons. The summed E-state index contributed by atoms with van der Waals surface area (Å²) in [7, 11) is 1.15. The smallest absolute Gasteiger partial charge is 0.358 e. The van der Waals surface area contributed by atoms with Crippen LogP contribution < -0.4 is 5.73 Å². The summed E-state index contributed by atoms with van der Waals surface area (Å²) in [4.78, 5) is 15.7. The number of nitrogens with zero attached hydrogens (tertiary/aromatic N) is 1. The van der Waals surface area contributed by atoms with Gasteiger partial charge in [-0.15, -0.1) is 0 Å². The van der Waals surface area contributed by atoms with Crippen LogP contribution in [0, 0.1) is 0 Å². The third-order valence-corrected chi connectivity index (χ3v) is 4.12. The monoisotopic (exact) mass is 380 g/mol. The maximum absolute atomic E-state index is 13.1. The molecule has 0 unspecified atom stereocenters. The van der Waals surface area contributed by atoms with Crippen LogP contribution in [-0.4, -0.2) is 18.1 Å². The van der Waals surface area contributed by atoms with Crippen molar-refractivity contribution in [1.29, 1.82) is 0 Å². The predicted octanol–water partition coefficient (Wildman–Crippen LogP) is 5.02. The van der Waals surface area contributed by atoms with Gasteiger partial charge in [-0.3, -0.25) is 0 Å². The fourth-order valence-corrected chi connectivity index (χ4v) is 2.69. The van der Waals surface area contributed by atoms with Crippen LogP contribution in [0.5, 0.6) is 0 Å². The topological polar surface area (TPSA) is 65.2 Å². The predicted molar refractivity (Wildman–Crippen MR) is 85.4 cm³/mol. The molecule has 122 valence electrons. The van der Waals surface area contributed by atoms with E-state index < -0.39 is 18.0 Å². The highest BCUT2D eigenvalue weighted by atomic mass is 35.5. The standard InChI is InChI=1S/C14H9Cl3F2N2O2/c1-23-14(22)12-11(17)7(20)4-8(21-12)5-2-3-6(15)9(10(5)16)13(18)19/h2-4,13H,1H3,(H2,20,21). The molecule has 1 aromatic heterocycles. The number of hydrogen-bond donors (Lipinski definition) is 1. The zero-order valence-electron chi connectivity index (χ0n) is 11.5. The van der Waals surface area contributed by atoms with Crippen LogP contribution >= 0.6 is 34.8 Å². The number of anilines is 1. The number of pyridine rings is 1. The van der Waals surface area contributed by atoms with Gasteiger partial charge < -0.3 is 10.5 Å². The summed E-state index contributed by atoms with van der Waals surface area (Å²) in [6.07, 6.45) is -2.88. The highest BCUT2D eigenvalue weighted by Crippen LogP contribution is 2.40. The van der Waals surface area contributed by atoms with Crippen molar-refractivity contribution in [3.05, 3.63) is 44.5 Å². The molecule has 0 saturated heterocycles. The van der Waals surface area contributed by atoms with E-state index in [4.69, 9.17) is 40.5 Å². The zero-order valence-corrected chi connectivity index (χ0v) is 13.8. The van der Waals surface area contributed by atoms with Crippen LogP contribution in [-0.2, 0) is 4.74 Å². The summed E-state index contributed by atoms with van der Waals surface area (Å²) in [5.41, 5.74) is 5.22. The minimum absolute atomic E-state index is 0.0293. The Balaban J connectivity index is 2.71. The molecule has 0 fully saturated rings. The van der Waals surface area contributed by atoms with Crippen LogP contribution in [0.15, 0.2) is 18.2 Å². The number of alkyl halides is 2. The van der Waals surface area contributed by atoms with Gasteiger partial charge in [-0.2, -0.15) is 0 Å². The number of nitrogens with two attached hydrogens (primary N) is 1. The zero-order chi connectivity index (χ0) is 17.3. The van der Waals surface area contributed by atoms with Crippen molar-refractivity contribution in [2.45, 2.75) is 6.43 Å². The van der Waals surface area contributed by atoms with E-state index in [2.05, 4.69) is 9.72 Å². The molecule has 2 N–H and O–H groups in total. The lowest BCUT2D eigenvalue weighted by Crippen LogP contribution is -2.08. The summed E-state index contributed by atoms with van der Waals surface area (Å²) >= 11 is 17.7. The van der Waals surface area contributed by atoms with E-state index in [-0.39, 0.29) is 37.7 Å². The highest BCUT2D eigenvalue weighted by molar-refractivity contribution is 6.38. The Bertz CT molecular complexity index is 785. The lowest BCUT2D eigenvalue weighted by Gasteiger charge is -2.13. The summed E-state index contributed by atoms with van der Waals surface area (Å²) in [6.45, 7) is 0. The molecule has 0 amide bonds. The maximum atomic E-state index is 13.1. The van der Waals surface area contributed by atoms with Crippen LogP contribution in [0.25, 0.3) is 11.3 Å². The van der Waals surface area contributed by atoms with Crippen LogP contribution in [0.2, 0.25) is 15.1 Å². The van der Waals surface area contributed by atoms with E-state index in [1.807, 2.05) is 0 Å². The molecule has 0 atom stereocenters. The molecule has 0 aliphatic rings. The minimum Gasteiger partial charge on any atom is -0.464 e. The van der Waals surface area contributed by atoms with Crippen molar-refractivity contribution in [3.63, 3.8) is 0 Å². The number of aromatic nitrogens is 1. The largest absolute Gasteiger partial charge is 0.464 e. The first-order valence-electron chi connectivity index (χ1n) is 6.08. The van der Waals surface area contributed by atoms with E-state index in [1.165, 1.54) is 18.2 Å². The second kappa shape index (κ2) is 6.86. The third kappa shape index (κ3) is 3.34. The number of methoxy groups -OCH3 is 1. The average Bonchev–Trinajstić information content (AvgIpc) is 2.49. The Kier molecular flexibility index (Phi) is 5.29. The first kappa shape index (κ1) is 17.7. The van der Waals surface area contributed by atoms with Gasteiger partial charge in [0.2, 0.25) is 0 Å². The third-order valence-electron chi connectivity index (χ3n) is 2.99. The Morgan fingerprint density at radius 3 is 2.48 bits per heavy atom. The molecule has 1 heterocycles. The first-order chi connectivity index (χ1) is 10.8. The second-order valence-electron chi connectivity index (χ2n) is 4.37. The van der Waals surface area contributed by atoms with Gasteiger partial charge in [0.05, 0.1) is 39.1 Å². The Morgan fingerprint density at radius 1 is 1.26 bits per heavy atom. The molecule has 9 heteroatoms. The SMILES string of the molecule is COC(=O)c1nc(-c2ccc(Cl)c(C(F)F)c2Cl)cc(N)c1Cl. The number of halogens is 5. The Morgan fingerprint density at radius 2 is 1.91 bits per heavy atom. The van der Waals surface area contributed by atoms with Gasteiger partial charge in [0, 0.05) is 5.56 Å². The molecule has 2 aromatic rings. The van der Waals surface area contributed by atoms with Gasteiger partial charge in [-0.05, 0) is 18.2 Å². The summed E-state index contributed by atoms with van der Waals surface area (Å²) in [5.74, 6) is -0.817. The number of rotatable bonds is 3. The number of carbonyl (C=O) groups excluding carboxylic acids is 1. The van der Waals surface area contributed by atoms with Gasteiger partial charge in [-0.25, -0.2) is 18.6 Å². The minimum atomic E-state index is -2.88. The van der Waals surface area contributed by atoms with Gasteiger partial charge >= 0.3 is 5.97 Å². The highest BCUT2D eigenvalue weighted by Gasteiger charge is 2.23. The maximum Gasteiger partial charge on any atom is 0.358 e. The van der Waals surface area contributed by atoms with Crippen LogP contribution in [0.3, 0.4) is 0 Å². The van der Waals surface area contributed by atoms with Crippen LogP contribution in [0.1, 0.15) is 22.5 Å². The quantitative estimate of drug-likeness (QED) is 0.759. The number of benzene rings is 1. The molecule has 0 spiro atoms. The van der Waals surface area contributed by atoms with Crippen LogP contribution in [0.4, 0.5) is 14.5 Å². The molecule has 0 saturated carbocycles. The molecule has 1 aromatic carbocycles. The summed E-state index contributed by atoms with van der Waals surface area (Å²) in [5, 5.41) is -0.554. The van der Waals surface area contributed by atoms with E-state index in [9.17, 15) is 13.6 Å². The Hall–Kier alpha value is -1.63. The van der Waals surface area contributed by atoms with Crippen molar-refractivity contribution in [2.75, 3.05) is 12.8 Å². The van der Waals surface area contributed by atoms with E-state index >= 15 is 0 Å². The number of nitrogen functional groups attached to an aromatic ring is 1. The van der Waals surface area contributed by atoms with Gasteiger partial charge in [0.25, 0.3) is 6.43 Å². The normalized spacial score (nSPS) is 10.9. The number of esters is 1. The van der Waals surface area contributed by atoms with Crippen molar-refractivity contribution < 1.29 is 18.3 Å². The van der Waals surface area contributed by atoms with Crippen molar-refractivity contribution in [1.82, 2.24) is 4.98 Å². The number of ether oxygens (including phenoxy) is 1. The molecular weight excluding hydrogens is 373 g/mol. The average molecular weight is 382 g/mol. The first-order valence-corrected chi connectivity index (χ1v) is 7.22. The van der Waals surface area contributed by atoms with Gasteiger partial charge in [0.15, 0.2) is 5.69 Å². The van der Waals surface area contributed by atoms with E-state index in [1.54, 1.807) is 0 Å². The molecule has 4 nitrogen and oxygen atoms in total. The van der Waals surface area contributed by atoms with Crippen molar-refractivity contribution in [3.8, 4) is 11.3 Å². The molecule has 0 aliphatic carbocycles. The lowest BCUT2D eigenvalue weighted by molar-refractivity contribution is 0.0594. The van der Waals surface area contributed by atoms with E-state index in [0.29, 0.717) is 0 Å². The van der Waals surface area contributed by atoms with Crippen molar-refractivity contribution in [2.24, 2.45) is 0 Å². The molecular formula is C14H9Cl3F2N2O2. The molecule has 0 aliphatic heterocycles. The number of carbonyl (C=O) groups is 1. The molecule has 2 rings (SSSR count). The van der Waals surface area contributed by atoms with Gasteiger partial charge in [-0.1, -0.05) is 34.8 Å². The Labute approximate surface area is 145 Å². The van der Waals surface area contributed by atoms with E-state index in [0.717, 1.165) is 7.11 Å². The lowest BCUT2D eigenvalue weighted by atomic mass is 10.1. The number of hydrogen-bond acceptors (Lipinski definition) is 4. The summed E-state index contributed by atoms with van der Waals surface area (Å²) in [6, 6.07) is 3.97. The fraction of sp³-hybridized carbons (Fsp3) is 0.143. The summed E-state index contributed by atoms with van der Waals surface area (Å²) < 4.78 is 30.7. The second-order valence-corrected chi connectivity index (χ2v) is 5.54.